The van der Waals surface area contributed by atoms with Crippen LogP contribution in [0.15, 0.2) is 72.8 Å². The number of hydrogen-bond donors (Lipinski definition) is 1. The van der Waals surface area contributed by atoms with Gasteiger partial charge in [-0.05, 0) is 24.5 Å². The summed E-state index contributed by atoms with van der Waals surface area (Å²) in [6, 6.07) is 22.1. The summed E-state index contributed by atoms with van der Waals surface area (Å²) in [5.74, 6) is 1.07. The molecule has 0 bridgehead atoms. The van der Waals surface area contributed by atoms with Gasteiger partial charge in [-0.2, -0.15) is 0 Å². The van der Waals surface area contributed by atoms with E-state index >= 15 is 0 Å². The molecule has 37 heavy (non-hydrogen) atoms. The van der Waals surface area contributed by atoms with E-state index in [1.807, 2.05) is 68.4 Å². The van der Waals surface area contributed by atoms with Crippen LogP contribution < -0.4 is 19.5 Å². The molecule has 0 aromatic heterocycles. The van der Waals surface area contributed by atoms with Gasteiger partial charge in [-0.1, -0.05) is 67.1 Å². The molecule has 0 aliphatic carbocycles. The lowest BCUT2D eigenvalue weighted by Crippen LogP contribution is -2.51. The number of carbonyl (C=O) groups excluding carboxylic acids is 2. The molecular weight excluding hydrogens is 468 g/mol. The molecule has 0 saturated heterocycles. The van der Waals surface area contributed by atoms with Crippen LogP contribution in [-0.2, 0) is 22.6 Å². The highest BCUT2D eigenvalue weighted by Gasteiger charge is 2.30. The Bertz CT molecular complexity index is 1140. The van der Waals surface area contributed by atoms with E-state index in [1.54, 1.807) is 37.3 Å². The summed E-state index contributed by atoms with van der Waals surface area (Å²) >= 11 is 0. The Kier molecular flexibility index (Phi) is 10.4. The number of benzene rings is 3. The zero-order valence-electron chi connectivity index (χ0n) is 22.0. The van der Waals surface area contributed by atoms with Gasteiger partial charge in [-0.15, -0.1) is 0 Å². The molecule has 3 rings (SSSR count). The van der Waals surface area contributed by atoms with Gasteiger partial charge in [-0.25, -0.2) is 0 Å². The first-order valence-corrected chi connectivity index (χ1v) is 12.5. The number of hydrogen-bond acceptors (Lipinski definition) is 5. The first kappa shape index (κ1) is 27.6. The number of rotatable bonds is 13. The van der Waals surface area contributed by atoms with Gasteiger partial charge in [0.25, 0.3) is 5.91 Å². The second-order valence-corrected chi connectivity index (χ2v) is 8.84. The zero-order chi connectivity index (χ0) is 26.6. The maximum Gasteiger partial charge on any atom is 0.261 e. The Morgan fingerprint density at radius 1 is 0.865 bits per heavy atom. The van der Waals surface area contributed by atoms with Gasteiger partial charge < -0.3 is 24.4 Å². The molecule has 0 heterocycles. The number of nitrogens with one attached hydrogen (secondary N) is 1. The predicted molar refractivity (Wildman–Crippen MR) is 144 cm³/mol. The van der Waals surface area contributed by atoms with Crippen molar-refractivity contribution in [2.24, 2.45) is 0 Å². The lowest BCUT2D eigenvalue weighted by Gasteiger charge is -2.31. The Labute approximate surface area is 219 Å². The molecule has 2 amide bonds. The summed E-state index contributed by atoms with van der Waals surface area (Å²) in [7, 11) is 3.10. The van der Waals surface area contributed by atoms with Crippen molar-refractivity contribution in [2.75, 3.05) is 27.4 Å². The Morgan fingerprint density at radius 3 is 2.14 bits per heavy atom. The van der Waals surface area contributed by atoms with Crippen LogP contribution in [0, 0.1) is 6.92 Å². The minimum absolute atomic E-state index is 0.185. The lowest BCUT2D eigenvalue weighted by molar-refractivity contribution is -0.142. The molecule has 7 nitrogen and oxygen atoms in total. The van der Waals surface area contributed by atoms with Gasteiger partial charge in [-0.3, -0.25) is 9.59 Å². The summed E-state index contributed by atoms with van der Waals surface area (Å²) < 4.78 is 16.5. The van der Waals surface area contributed by atoms with E-state index in [9.17, 15) is 9.59 Å². The van der Waals surface area contributed by atoms with Gasteiger partial charge in [0.05, 0.1) is 14.2 Å². The van der Waals surface area contributed by atoms with Crippen LogP contribution in [0.1, 0.15) is 30.0 Å². The van der Waals surface area contributed by atoms with Gasteiger partial charge in [0.2, 0.25) is 5.91 Å². The number of carbonyl (C=O) groups is 2. The molecule has 3 aromatic rings. The van der Waals surface area contributed by atoms with Gasteiger partial charge in [0, 0.05) is 37.7 Å². The topological polar surface area (TPSA) is 77.1 Å². The van der Waals surface area contributed by atoms with Gasteiger partial charge in [0.1, 0.15) is 23.3 Å². The first-order valence-electron chi connectivity index (χ1n) is 12.5. The molecule has 0 fully saturated rings. The standard InChI is InChI=1S/C30H36N2O5/c1-5-14-31-30(34)28(16-23-11-7-6-8-12-23)32(20-24-13-9-10-22(2)15-24)29(33)21-37-27-18-25(35-3)17-26(19-27)36-4/h6-13,15,17-19,28H,5,14,16,20-21H2,1-4H3,(H,31,34). The molecule has 196 valence electrons. The van der Waals surface area contributed by atoms with E-state index in [0.29, 0.717) is 30.2 Å². The molecule has 7 heteroatoms. The van der Waals surface area contributed by atoms with Crippen molar-refractivity contribution >= 4 is 11.8 Å². The van der Waals surface area contributed by atoms with E-state index < -0.39 is 6.04 Å². The average Bonchev–Trinajstić information content (AvgIpc) is 2.92. The van der Waals surface area contributed by atoms with Crippen molar-refractivity contribution in [3.8, 4) is 17.2 Å². The maximum absolute atomic E-state index is 13.7. The normalized spacial score (nSPS) is 11.4. The van der Waals surface area contributed by atoms with Crippen LogP contribution in [-0.4, -0.2) is 50.1 Å². The van der Waals surface area contributed by atoms with E-state index in [-0.39, 0.29) is 25.0 Å². The van der Waals surface area contributed by atoms with Crippen LogP contribution in [0.2, 0.25) is 0 Å². The van der Waals surface area contributed by atoms with Crippen molar-refractivity contribution < 1.29 is 23.8 Å². The summed E-state index contributed by atoms with van der Waals surface area (Å²) in [5, 5.41) is 2.98. The van der Waals surface area contributed by atoms with Gasteiger partial charge >= 0.3 is 0 Å². The van der Waals surface area contributed by atoms with Crippen LogP contribution in [0.25, 0.3) is 0 Å². The highest BCUT2D eigenvalue weighted by atomic mass is 16.5. The van der Waals surface area contributed by atoms with Crippen LogP contribution in [0.5, 0.6) is 17.2 Å². The fourth-order valence-electron chi connectivity index (χ4n) is 4.02. The molecule has 1 N–H and O–H groups in total. The van der Waals surface area contributed by atoms with E-state index in [1.165, 1.54) is 0 Å². The van der Waals surface area contributed by atoms with Crippen LogP contribution in [0.4, 0.5) is 0 Å². The number of methoxy groups -OCH3 is 2. The van der Waals surface area contributed by atoms with Crippen molar-refractivity contribution in [3.63, 3.8) is 0 Å². The smallest absolute Gasteiger partial charge is 0.261 e. The lowest BCUT2D eigenvalue weighted by atomic mass is 10.0. The predicted octanol–water partition coefficient (Wildman–Crippen LogP) is 4.56. The van der Waals surface area contributed by atoms with Gasteiger partial charge in [0.15, 0.2) is 6.61 Å². The van der Waals surface area contributed by atoms with E-state index in [4.69, 9.17) is 14.2 Å². The summed E-state index contributed by atoms with van der Waals surface area (Å²) in [6.07, 6.45) is 1.19. The molecule has 3 aromatic carbocycles. The molecule has 1 atom stereocenters. The number of ether oxygens (including phenoxy) is 3. The Balaban J connectivity index is 1.90. The first-order chi connectivity index (χ1) is 17.9. The summed E-state index contributed by atoms with van der Waals surface area (Å²) in [5.41, 5.74) is 3.00. The Hall–Kier alpha value is -4.00. The molecule has 0 aliphatic rings. The molecule has 0 spiro atoms. The highest BCUT2D eigenvalue weighted by molar-refractivity contribution is 5.88. The van der Waals surface area contributed by atoms with Crippen molar-refractivity contribution in [1.82, 2.24) is 10.2 Å². The number of amides is 2. The average molecular weight is 505 g/mol. The molecule has 0 radical (unpaired) electrons. The molecule has 1 unspecified atom stereocenters. The summed E-state index contributed by atoms with van der Waals surface area (Å²) in [4.78, 5) is 28.7. The van der Waals surface area contributed by atoms with Crippen molar-refractivity contribution in [1.29, 1.82) is 0 Å². The van der Waals surface area contributed by atoms with Crippen LogP contribution in [0.3, 0.4) is 0 Å². The number of aryl methyl sites for hydroxylation is 1. The van der Waals surface area contributed by atoms with Crippen molar-refractivity contribution in [2.45, 2.75) is 39.3 Å². The second-order valence-electron chi connectivity index (χ2n) is 8.84. The third kappa shape index (κ3) is 8.27. The monoisotopic (exact) mass is 504 g/mol. The zero-order valence-corrected chi connectivity index (χ0v) is 22.0. The fraction of sp³-hybridized carbons (Fsp3) is 0.333. The third-order valence-electron chi connectivity index (χ3n) is 5.94. The second kappa shape index (κ2) is 13.9. The quantitative estimate of drug-likeness (QED) is 0.369. The van der Waals surface area contributed by atoms with Crippen LogP contribution >= 0.6 is 0 Å². The minimum Gasteiger partial charge on any atom is -0.496 e. The molecular formula is C30H36N2O5. The highest BCUT2D eigenvalue weighted by Crippen LogP contribution is 2.27. The minimum atomic E-state index is -0.703. The SMILES string of the molecule is CCCNC(=O)C(Cc1ccccc1)N(Cc1cccc(C)c1)C(=O)COc1cc(OC)cc(OC)c1. The Morgan fingerprint density at radius 2 is 1.51 bits per heavy atom. The van der Waals surface area contributed by atoms with E-state index in [0.717, 1.165) is 23.1 Å². The largest absolute Gasteiger partial charge is 0.496 e. The molecule has 0 saturated carbocycles. The number of nitrogens with zero attached hydrogens (tertiary/aromatic N) is 1. The maximum atomic E-state index is 13.7. The molecule has 0 aliphatic heterocycles. The third-order valence-corrected chi connectivity index (χ3v) is 5.94. The van der Waals surface area contributed by atoms with E-state index in [2.05, 4.69) is 5.32 Å². The van der Waals surface area contributed by atoms with Crippen molar-refractivity contribution in [3.05, 3.63) is 89.5 Å². The fourth-order valence-corrected chi connectivity index (χ4v) is 4.02. The summed E-state index contributed by atoms with van der Waals surface area (Å²) in [6.45, 7) is 4.58.